The van der Waals surface area contributed by atoms with Gasteiger partial charge >= 0.3 is 0 Å². The second-order valence-corrected chi connectivity index (χ2v) is 10.8. The standard InChI is InChI=1S/C40H34N4/c1-3-43-37(31-21-13-7-14-22-31)35(29-17-9-5-10-18-29)41-39(43)33-25-27-34(28-26-33)40-42-36(30-19-11-6-12-20-30)38(44(40)4-2)32-23-15-8-16-24-32/h5-28H,3-4H2,1-2H3. The maximum absolute atomic E-state index is 5.27. The van der Waals surface area contributed by atoms with E-state index in [-0.39, 0.29) is 0 Å². The minimum atomic E-state index is 0.808. The Bertz CT molecular complexity index is 1840. The molecule has 4 nitrogen and oxygen atoms in total. The lowest BCUT2D eigenvalue weighted by molar-refractivity contribution is 0.776. The Morgan fingerprint density at radius 2 is 0.659 bits per heavy atom. The Labute approximate surface area is 259 Å². The first-order valence-corrected chi connectivity index (χ1v) is 15.3. The largest absolute Gasteiger partial charge is 0.324 e. The van der Waals surface area contributed by atoms with Crippen LogP contribution in [0.3, 0.4) is 0 Å². The van der Waals surface area contributed by atoms with Crippen molar-refractivity contribution in [3.8, 4) is 67.8 Å². The molecule has 4 heteroatoms. The monoisotopic (exact) mass is 570 g/mol. The van der Waals surface area contributed by atoms with Gasteiger partial charge in [-0.1, -0.05) is 146 Å². The first-order chi connectivity index (χ1) is 21.8. The highest BCUT2D eigenvalue weighted by atomic mass is 15.1. The molecule has 0 N–H and O–H groups in total. The fourth-order valence-electron chi connectivity index (χ4n) is 6.10. The van der Waals surface area contributed by atoms with Crippen LogP contribution in [-0.2, 0) is 13.1 Å². The third-order valence-electron chi connectivity index (χ3n) is 8.16. The highest BCUT2D eigenvalue weighted by molar-refractivity contribution is 5.84. The van der Waals surface area contributed by atoms with E-state index in [2.05, 4.69) is 169 Å². The average molecular weight is 571 g/mol. The van der Waals surface area contributed by atoms with Gasteiger partial charge in [0.15, 0.2) is 0 Å². The highest BCUT2D eigenvalue weighted by Crippen LogP contribution is 2.39. The zero-order valence-electron chi connectivity index (χ0n) is 25.1. The Hall–Kier alpha value is -5.48. The Balaban J connectivity index is 1.36. The van der Waals surface area contributed by atoms with Crippen molar-refractivity contribution in [3.05, 3.63) is 146 Å². The molecule has 0 atom stereocenters. The molecule has 0 radical (unpaired) electrons. The van der Waals surface area contributed by atoms with E-state index < -0.39 is 0 Å². The van der Waals surface area contributed by atoms with E-state index >= 15 is 0 Å². The fourth-order valence-corrected chi connectivity index (χ4v) is 6.10. The number of rotatable bonds is 8. The molecule has 0 aliphatic rings. The van der Waals surface area contributed by atoms with Gasteiger partial charge in [-0.05, 0) is 13.8 Å². The third kappa shape index (κ3) is 4.95. The molecule has 214 valence electrons. The maximum atomic E-state index is 5.27. The molecule has 2 heterocycles. The molecule has 0 amide bonds. The summed E-state index contributed by atoms with van der Waals surface area (Å²) >= 11 is 0. The highest BCUT2D eigenvalue weighted by Gasteiger charge is 2.22. The average Bonchev–Trinajstić information content (AvgIpc) is 3.69. The second kappa shape index (κ2) is 12.0. The summed E-state index contributed by atoms with van der Waals surface area (Å²) < 4.78 is 4.67. The smallest absolute Gasteiger partial charge is 0.141 e. The minimum Gasteiger partial charge on any atom is -0.324 e. The molecular weight excluding hydrogens is 536 g/mol. The van der Waals surface area contributed by atoms with E-state index in [4.69, 9.17) is 9.97 Å². The van der Waals surface area contributed by atoms with Crippen molar-refractivity contribution < 1.29 is 0 Å². The minimum absolute atomic E-state index is 0.808. The van der Waals surface area contributed by atoms with Crippen LogP contribution in [0.25, 0.3) is 67.8 Å². The molecule has 7 aromatic rings. The summed E-state index contributed by atoms with van der Waals surface area (Å²) in [4.78, 5) is 10.5. The van der Waals surface area contributed by atoms with Crippen LogP contribution in [0.1, 0.15) is 13.8 Å². The zero-order valence-corrected chi connectivity index (χ0v) is 25.1. The molecule has 5 aromatic carbocycles. The molecular formula is C40H34N4. The summed E-state index contributed by atoms with van der Waals surface area (Å²) in [5.41, 5.74) is 11.0. The lowest BCUT2D eigenvalue weighted by Crippen LogP contribution is -2.01. The molecule has 0 spiro atoms. The normalized spacial score (nSPS) is 11.1. The number of aromatic nitrogens is 4. The number of hydrogen-bond donors (Lipinski definition) is 0. The maximum Gasteiger partial charge on any atom is 0.141 e. The Morgan fingerprint density at radius 1 is 0.364 bits per heavy atom. The molecule has 0 saturated heterocycles. The quantitative estimate of drug-likeness (QED) is 0.182. The van der Waals surface area contributed by atoms with Crippen LogP contribution < -0.4 is 0 Å². The Morgan fingerprint density at radius 3 is 0.955 bits per heavy atom. The molecule has 7 rings (SSSR count). The van der Waals surface area contributed by atoms with Crippen LogP contribution in [-0.4, -0.2) is 19.1 Å². The first kappa shape index (κ1) is 27.4. The van der Waals surface area contributed by atoms with E-state index in [1.807, 2.05) is 0 Å². The number of imidazole rings is 2. The molecule has 0 bridgehead atoms. The Kier molecular flexibility index (Phi) is 7.47. The molecule has 2 aromatic heterocycles. The first-order valence-electron chi connectivity index (χ1n) is 15.3. The van der Waals surface area contributed by atoms with Crippen LogP contribution >= 0.6 is 0 Å². The predicted molar refractivity (Wildman–Crippen MR) is 182 cm³/mol. The fraction of sp³-hybridized carbons (Fsp3) is 0.100. The van der Waals surface area contributed by atoms with Gasteiger partial charge in [0.05, 0.1) is 22.8 Å². The van der Waals surface area contributed by atoms with Gasteiger partial charge in [0, 0.05) is 46.5 Å². The lowest BCUT2D eigenvalue weighted by Gasteiger charge is -2.12. The van der Waals surface area contributed by atoms with Gasteiger partial charge in [0.25, 0.3) is 0 Å². The molecule has 0 aliphatic heterocycles. The van der Waals surface area contributed by atoms with Crippen molar-refractivity contribution in [3.63, 3.8) is 0 Å². The van der Waals surface area contributed by atoms with Crippen LogP contribution in [0.2, 0.25) is 0 Å². The lowest BCUT2D eigenvalue weighted by atomic mass is 10.0. The van der Waals surface area contributed by atoms with Crippen molar-refractivity contribution in [1.29, 1.82) is 0 Å². The van der Waals surface area contributed by atoms with Gasteiger partial charge in [0.1, 0.15) is 11.6 Å². The topological polar surface area (TPSA) is 35.6 Å². The van der Waals surface area contributed by atoms with Crippen LogP contribution in [0, 0.1) is 0 Å². The summed E-state index contributed by atoms with van der Waals surface area (Å²) in [5, 5.41) is 0. The van der Waals surface area contributed by atoms with E-state index in [9.17, 15) is 0 Å². The number of nitrogens with zero attached hydrogens (tertiary/aromatic N) is 4. The van der Waals surface area contributed by atoms with Crippen LogP contribution in [0.15, 0.2) is 146 Å². The number of hydrogen-bond acceptors (Lipinski definition) is 2. The summed E-state index contributed by atoms with van der Waals surface area (Å²) in [6.45, 7) is 5.99. The van der Waals surface area contributed by atoms with Crippen molar-refractivity contribution in [1.82, 2.24) is 19.1 Å². The van der Waals surface area contributed by atoms with E-state index in [1.54, 1.807) is 0 Å². The second-order valence-electron chi connectivity index (χ2n) is 10.8. The van der Waals surface area contributed by atoms with Crippen molar-refractivity contribution in [2.75, 3.05) is 0 Å². The van der Waals surface area contributed by atoms with Gasteiger partial charge in [-0.2, -0.15) is 0 Å². The SMILES string of the molecule is CCn1c(-c2ccc(-c3nc(-c4ccccc4)c(-c4ccccc4)n3CC)cc2)nc(-c2ccccc2)c1-c1ccccc1. The summed E-state index contributed by atoms with van der Waals surface area (Å²) in [6, 6.07) is 50.9. The summed E-state index contributed by atoms with van der Waals surface area (Å²) in [6.07, 6.45) is 0. The molecule has 0 unspecified atom stereocenters. The van der Waals surface area contributed by atoms with Crippen molar-refractivity contribution >= 4 is 0 Å². The van der Waals surface area contributed by atoms with E-state index in [0.717, 1.165) is 80.9 Å². The zero-order chi connectivity index (χ0) is 29.9. The molecule has 0 saturated carbocycles. The molecule has 44 heavy (non-hydrogen) atoms. The van der Waals surface area contributed by atoms with E-state index in [0.29, 0.717) is 0 Å². The predicted octanol–water partition coefficient (Wildman–Crippen LogP) is 10.1. The van der Waals surface area contributed by atoms with Gasteiger partial charge < -0.3 is 9.13 Å². The number of benzene rings is 5. The van der Waals surface area contributed by atoms with Gasteiger partial charge in [0.2, 0.25) is 0 Å². The summed E-state index contributed by atoms with van der Waals surface area (Å²) in [7, 11) is 0. The van der Waals surface area contributed by atoms with Crippen molar-refractivity contribution in [2.24, 2.45) is 0 Å². The van der Waals surface area contributed by atoms with Crippen LogP contribution in [0.5, 0.6) is 0 Å². The van der Waals surface area contributed by atoms with Gasteiger partial charge in [-0.15, -0.1) is 0 Å². The molecule has 0 fully saturated rings. The van der Waals surface area contributed by atoms with E-state index in [1.165, 1.54) is 0 Å². The third-order valence-corrected chi connectivity index (χ3v) is 8.16. The van der Waals surface area contributed by atoms with Crippen molar-refractivity contribution in [2.45, 2.75) is 26.9 Å². The van der Waals surface area contributed by atoms with Gasteiger partial charge in [-0.3, -0.25) is 0 Å². The summed E-state index contributed by atoms with van der Waals surface area (Å²) in [5.74, 6) is 1.93. The van der Waals surface area contributed by atoms with Crippen LogP contribution in [0.4, 0.5) is 0 Å². The van der Waals surface area contributed by atoms with Gasteiger partial charge in [-0.25, -0.2) is 9.97 Å². The molecule has 0 aliphatic carbocycles.